The van der Waals surface area contributed by atoms with E-state index >= 15 is 0 Å². The summed E-state index contributed by atoms with van der Waals surface area (Å²) < 4.78 is 0. The van der Waals surface area contributed by atoms with Crippen LogP contribution in [0.1, 0.15) is 49.3 Å². The standard InChI is InChI=1S/C18H25NO/c1-14-5-4-10-19(13-14)18(20)12-15-8-9-16-6-2-3-7-17(16)11-15/h8-9,11,14H,2-7,10,12-13H2,1H3. The second-order valence-corrected chi connectivity index (χ2v) is 6.57. The topological polar surface area (TPSA) is 20.3 Å². The van der Waals surface area contributed by atoms with Crippen molar-refractivity contribution in [2.75, 3.05) is 13.1 Å². The molecule has 2 heteroatoms. The van der Waals surface area contributed by atoms with Gasteiger partial charge in [0.05, 0.1) is 6.42 Å². The number of likely N-dealkylation sites (tertiary alicyclic amines) is 1. The van der Waals surface area contributed by atoms with Gasteiger partial charge in [-0.1, -0.05) is 25.1 Å². The molecule has 1 aromatic rings. The van der Waals surface area contributed by atoms with Gasteiger partial charge in [-0.3, -0.25) is 4.79 Å². The average molecular weight is 271 g/mol. The molecule has 1 heterocycles. The molecule has 1 saturated heterocycles. The Bertz CT molecular complexity index is 494. The van der Waals surface area contributed by atoms with Crippen LogP contribution in [0.4, 0.5) is 0 Å². The van der Waals surface area contributed by atoms with Crippen molar-refractivity contribution in [1.29, 1.82) is 0 Å². The number of piperidine rings is 1. The molecule has 108 valence electrons. The molecule has 1 unspecified atom stereocenters. The zero-order valence-corrected chi connectivity index (χ0v) is 12.5. The van der Waals surface area contributed by atoms with Crippen LogP contribution < -0.4 is 0 Å². The van der Waals surface area contributed by atoms with Crippen molar-refractivity contribution in [2.24, 2.45) is 5.92 Å². The van der Waals surface area contributed by atoms with Crippen molar-refractivity contribution in [1.82, 2.24) is 4.90 Å². The number of hydrogen-bond acceptors (Lipinski definition) is 1. The Hall–Kier alpha value is -1.31. The van der Waals surface area contributed by atoms with E-state index in [9.17, 15) is 4.79 Å². The lowest BCUT2D eigenvalue weighted by atomic mass is 9.90. The zero-order valence-electron chi connectivity index (χ0n) is 12.5. The van der Waals surface area contributed by atoms with E-state index in [1.54, 1.807) is 0 Å². The maximum absolute atomic E-state index is 12.4. The summed E-state index contributed by atoms with van der Waals surface area (Å²) in [7, 11) is 0. The molecule has 2 aliphatic rings. The van der Waals surface area contributed by atoms with Crippen molar-refractivity contribution in [3.8, 4) is 0 Å². The number of benzene rings is 1. The van der Waals surface area contributed by atoms with Gasteiger partial charge in [-0.2, -0.15) is 0 Å². The first kappa shape index (κ1) is 13.7. The van der Waals surface area contributed by atoms with Gasteiger partial charge < -0.3 is 4.90 Å². The first-order chi connectivity index (χ1) is 9.72. The molecule has 0 spiro atoms. The number of nitrogens with zero attached hydrogens (tertiary/aromatic N) is 1. The van der Waals surface area contributed by atoms with E-state index in [1.165, 1.54) is 48.8 Å². The SMILES string of the molecule is CC1CCCN(C(=O)Cc2ccc3c(c2)CCCC3)C1. The Morgan fingerprint density at radius 1 is 1.20 bits per heavy atom. The molecular weight excluding hydrogens is 246 g/mol. The van der Waals surface area contributed by atoms with E-state index in [0.717, 1.165) is 19.5 Å². The number of amides is 1. The molecule has 3 rings (SSSR count). The zero-order chi connectivity index (χ0) is 13.9. The van der Waals surface area contributed by atoms with Gasteiger partial charge in [0.15, 0.2) is 0 Å². The van der Waals surface area contributed by atoms with Crippen molar-refractivity contribution in [3.63, 3.8) is 0 Å². The normalized spacial score (nSPS) is 22.4. The van der Waals surface area contributed by atoms with E-state index in [4.69, 9.17) is 0 Å². The van der Waals surface area contributed by atoms with Crippen molar-refractivity contribution in [3.05, 3.63) is 34.9 Å². The van der Waals surface area contributed by atoms with Gasteiger partial charge in [0, 0.05) is 13.1 Å². The van der Waals surface area contributed by atoms with Crippen LogP contribution in [0.5, 0.6) is 0 Å². The van der Waals surface area contributed by atoms with Gasteiger partial charge in [-0.25, -0.2) is 0 Å². The molecule has 0 saturated carbocycles. The molecule has 1 aliphatic carbocycles. The van der Waals surface area contributed by atoms with Gasteiger partial charge in [-0.15, -0.1) is 0 Å². The number of fused-ring (bicyclic) bond motifs is 1. The fraction of sp³-hybridized carbons (Fsp3) is 0.611. The van der Waals surface area contributed by atoms with Crippen molar-refractivity contribution < 1.29 is 4.79 Å². The minimum atomic E-state index is 0.312. The predicted octanol–water partition coefficient (Wildman–Crippen LogP) is 3.37. The number of carbonyl (C=O) groups excluding carboxylic acids is 1. The average Bonchev–Trinajstić information content (AvgIpc) is 2.47. The highest BCUT2D eigenvalue weighted by atomic mass is 16.2. The minimum Gasteiger partial charge on any atom is -0.342 e. The Morgan fingerprint density at radius 2 is 2.00 bits per heavy atom. The van der Waals surface area contributed by atoms with Crippen LogP contribution in [0, 0.1) is 5.92 Å². The van der Waals surface area contributed by atoms with Crippen LogP contribution in [0.15, 0.2) is 18.2 Å². The second-order valence-electron chi connectivity index (χ2n) is 6.57. The predicted molar refractivity (Wildman–Crippen MR) is 81.8 cm³/mol. The molecule has 0 aromatic heterocycles. The van der Waals surface area contributed by atoms with Crippen LogP contribution in [0.2, 0.25) is 0 Å². The van der Waals surface area contributed by atoms with Crippen LogP contribution >= 0.6 is 0 Å². The third-order valence-corrected chi connectivity index (χ3v) is 4.78. The van der Waals surface area contributed by atoms with Crippen LogP contribution in [-0.4, -0.2) is 23.9 Å². The van der Waals surface area contributed by atoms with E-state index in [0.29, 0.717) is 18.2 Å². The smallest absolute Gasteiger partial charge is 0.226 e. The molecule has 1 amide bonds. The Labute approximate surface area is 122 Å². The summed E-state index contributed by atoms with van der Waals surface area (Å²) in [6.45, 7) is 4.15. The molecule has 0 N–H and O–H groups in total. The second kappa shape index (κ2) is 5.99. The molecule has 1 aromatic carbocycles. The summed E-state index contributed by atoms with van der Waals surface area (Å²) in [6, 6.07) is 6.69. The van der Waals surface area contributed by atoms with Gasteiger partial charge in [-0.05, 0) is 61.1 Å². The monoisotopic (exact) mass is 271 g/mol. The lowest BCUT2D eigenvalue weighted by Crippen LogP contribution is -2.39. The Kier molecular flexibility index (Phi) is 4.09. The van der Waals surface area contributed by atoms with Crippen molar-refractivity contribution >= 4 is 5.91 Å². The van der Waals surface area contributed by atoms with Gasteiger partial charge in [0.1, 0.15) is 0 Å². The number of rotatable bonds is 2. The lowest BCUT2D eigenvalue weighted by molar-refractivity contribution is -0.132. The quantitative estimate of drug-likeness (QED) is 0.807. The highest BCUT2D eigenvalue weighted by Crippen LogP contribution is 2.23. The molecule has 20 heavy (non-hydrogen) atoms. The summed E-state index contributed by atoms with van der Waals surface area (Å²) in [4.78, 5) is 14.5. The van der Waals surface area contributed by atoms with E-state index in [1.807, 2.05) is 0 Å². The number of hydrogen-bond donors (Lipinski definition) is 0. The molecule has 0 bridgehead atoms. The van der Waals surface area contributed by atoms with E-state index in [2.05, 4.69) is 30.0 Å². The molecule has 0 radical (unpaired) electrons. The first-order valence-electron chi connectivity index (χ1n) is 8.11. The summed E-state index contributed by atoms with van der Waals surface area (Å²) in [5, 5.41) is 0. The number of carbonyl (C=O) groups is 1. The summed E-state index contributed by atoms with van der Waals surface area (Å²) in [5.74, 6) is 0.976. The highest BCUT2D eigenvalue weighted by Gasteiger charge is 2.21. The van der Waals surface area contributed by atoms with Gasteiger partial charge in [0.2, 0.25) is 5.91 Å². The Balaban J connectivity index is 1.66. The summed E-state index contributed by atoms with van der Waals surface area (Å²) in [5.41, 5.74) is 4.18. The molecule has 1 aliphatic heterocycles. The summed E-state index contributed by atoms with van der Waals surface area (Å²) >= 11 is 0. The molecule has 1 atom stereocenters. The molecule has 2 nitrogen and oxygen atoms in total. The Morgan fingerprint density at radius 3 is 2.80 bits per heavy atom. The summed E-state index contributed by atoms with van der Waals surface area (Å²) in [6.07, 6.45) is 8.04. The van der Waals surface area contributed by atoms with Gasteiger partial charge in [0.25, 0.3) is 0 Å². The van der Waals surface area contributed by atoms with Crippen molar-refractivity contribution in [2.45, 2.75) is 51.9 Å². The highest BCUT2D eigenvalue weighted by molar-refractivity contribution is 5.79. The van der Waals surface area contributed by atoms with Crippen LogP contribution in [0.25, 0.3) is 0 Å². The number of aryl methyl sites for hydroxylation is 2. The first-order valence-corrected chi connectivity index (χ1v) is 8.11. The fourth-order valence-corrected chi connectivity index (χ4v) is 3.60. The third-order valence-electron chi connectivity index (χ3n) is 4.78. The lowest BCUT2D eigenvalue weighted by Gasteiger charge is -2.31. The fourth-order valence-electron chi connectivity index (χ4n) is 3.60. The molecule has 1 fully saturated rings. The van der Waals surface area contributed by atoms with Crippen LogP contribution in [0.3, 0.4) is 0 Å². The van der Waals surface area contributed by atoms with Crippen LogP contribution in [-0.2, 0) is 24.1 Å². The maximum Gasteiger partial charge on any atom is 0.226 e. The van der Waals surface area contributed by atoms with E-state index < -0.39 is 0 Å². The minimum absolute atomic E-state index is 0.312. The van der Waals surface area contributed by atoms with E-state index in [-0.39, 0.29) is 0 Å². The third kappa shape index (κ3) is 3.05. The maximum atomic E-state index is 12.4. The largest absolute Gasteiger partial charge is 0.342 e. The molecular formula is C18H25NO. The van der Waals surface area contributed by atoms with Gasteiger partial charge >= 0.3 is 0 Å².